The lowest BCUT2D eigenvalue weighted by Gasteiger charge is -2.29. The van der Waals surface area contributed by atoms with Gasteiger partial charge in [0, 0.05) is 48.4 Å². The third kappa shape index (κ3) is 9.03. The Morgan fingerprint density at radius 2 is 1.57 bits per heavy atom. The van der Waals surface area contributed by atoms with Gasteiger partial charge in [-0.1, -0.05) is 6.07 Å². The standard InChI is InChI=1S/C33H44N4O6S/c1-24-11-17-44-31(24)22-36(14-10-25-8-9-29(42-4)30(18-25)43-5)32(38)23-37(16-15-35-12-6-7-13-35)33(39)34-26-19-27(40-2)21-28(20-26)41-3/h8-9,11,17-21H,6-7,10,12-16,22-23H2,1-5H3,(H,34,39). The van der Waals surface area contributed by atoms with Gasteiger partial charge in [-0.15, -0.1) is 11.3 Å². The van der Waals surface area contributed by atoms with Gasteiger partial charge in [0.05, 0.1) is 35.0 Å². The van der Waals surface area contributed by atoms with E-state index in [0.29, 0.717) is 61.3 Å². The van der Waals surface area contributed by atoms with Crippen LogP contribution in [0.5, 0.6) is 23.0 Å². The number of nitrogens with zero attached hydrogens (tertiary/aromatic N) is 3. The molecule has 1 aromatic heterocycles. The summed E-state index contributed by atoms with van der Waals surface area (Å²) in [5.41, 5.74) is 2.71. The van der Waals surface area contributed by atoms with Gasteiger partial charge < -0.3 is 39.0 Å². The SMILES string of the molecule is COc1cc(NC(=O)N(CCN2CCCC2)CC(=O)N(CCc2ccc(OC)c(OC)c2)Cc2sccc2C)cc(OC)c1. The molecule has 1 N–H and O–H groups in total. The molecule has 0 radical (unpaired) electrons. The Morgan fingerprint density at radius 3 is 2.18 bits per heavy atom. The molecule has 3 aromatic rings. The van der Waals surface area contributed by atoms with Crippen LogP contribution in [0.3, 0.4) is 0 Å². The molecule has 0 saturated carbocycles. The second-order valence-electron chi connectivity index (χ2n) is 10.8. The molecule has 11 heteroatoms. The van der Waals surface area contributed by atoms with Crippen LogP contribution in [0.2, 0.25) is 0 Å². The summed E-state index contributed by atoms with van der Waals surface area (Å²) in [5.74, 6) is 2.32. The zero-order valence-electron chi connectivity index (χ0n) is 26.4. The average Bonchev–Trinajstić information content (AvgIpc) is 3.72. The molecule has 1 aliphatic heterocycles. The molecular weight excluding hydrogens is 580 g/mol. The van der Waals surface area contributed by atoms with E-state index in [1.54, 1.807) is 62.9 Å². The lowest BCUT2D eigenvalue weighted by Crippen LogP contribution is -2.47. The number of nitrogens with one attached hydrogen (secondary N) is 1. The first-order valence-electron chi connectivity index (χ1n) is 14.9. The van der Waals surface area contributed by atoms with Gasteiger partial charge in [0.25, 0.3) is 0 Å². The summed E-state index contributed by atoms with van der Waals surface area (Å²) < 4.78 is 21.6. The minimum Gasteiger partial charge on any atom is -0.497 e. The van der Waals surface area contributed by atoms with E-state index in [0.717, 1.165) is 41.9 Å². The maximum Gasteiger partial charge on any atom is 0.322 e. The van der Waals surface area contributed by atoms with E-state index >= 15 is 0 Å². The third-order valence-corrected chi connectivity index (χ3v) is 8.88. The number of methoxy groups -OCH3 is 4. The fourth-order valence-corrected chi connectivity index (χ4v) is 6.12. The molecule has 2 aromatic carbocycles. The van der Waals surface area contributed by atoms with E-state index < -0.39 is 0 Å². The normalized spacial score (nSPS) is 12.9. The van der Waals surface area contributed by atoms with Gasteiger partial charge in [-0.3, -0.25) is 4.79 Å². The maximum absolute atomic E-state index is 14.0. The summed E-state index contributed by atoms with van der Waals surface area (Å²) in [6.45, 7) is 6.12. The van der Waals surface area contributed by atoms with Crippen LogP contribution in [-0.4, -0.2) is 94.3 Å². The van der Waals surface area contributed by atoms with Crippen molar-refractivity contribution < 1.29 is 28.5 Å². The van der Waals surface area contributed by atoms with E-state index in [2.05, 4.69) is 23.2 Å². The number of hydrogen-bond acceptors (Lipinski definition) is 8. The van der Waals surface area contributed by atoms with E-state index in [-0.39, 0.29) is 18.5 Å². The number of anilines is 1. The monoisotopic (exact) mass is 624 g/mol. The molecule has 0 atom stereocenters. The van der Waals surface area contributed by atoms with Gasteiger partial charge in [-0.2, -0.15) is 0 Å². The van der Waals surface area contributed by atoms with Crippen molar-refractivity contribution in [1.82, 2.24) is 14.7 Å². The third-order valence-electron chi connectivity index (χ3n) is 7.87. The summed E-state index contributed by atoms with van der Waals surface area (Å²) in [5, 5.41) is 5.00. The number of urea groups is 1. The lowest BCUT2D eigenvalue weighted by molar-refractivity contribution is -0.132. The molecule has 1 aliphatic rings. The first-order valence-corrected chi connectivity index (χ1v) is 15.7. The Bertz CT molecular complexity index is 1370. The van der Waals surface area contributed by atoms with Gasteiger partial charge in [-0.25, -0.2) is 4.79 Å². The summed E-state index contributed by atoms with van der Waals surface area (Å²) >= 11 is 1.64. The highest BCUT2D eigenvalue weighted by atomic mass is 32.1. The van der Waals surface area contributed by atoms with E-state index in [1.165, 1.54) is 0 Å². The van der Waals surface area contributed by atoms with E-state index in [4.69, 9.17) is 18.9 Å². The average molecular weight is 625 g/mol. The summed E-state index contributed by atoms with van der Waals surface area (Å²) in [6.07, 6.45) is 2.93. The Kier molecular flexibility index (Phi) is 12.1. The maximum atomic E-state index is 14.0. The van der Waals surface area contributed by atoms with Gasteiger partial charge in [-0.05, 0) is 74.0 Å². The molecule has 0 aliphatic carbocycles. The molecule has 4 rings (SSSR count). The van der Waals surface area contributed by atoms with Crippen molar-refractivity contribution in [3.05, 3.63) is 63.8 Å². The molecule has 44 heavy (non-hydrogen) atoms. The highest BCUT2D eigenvalue weighted by molar-refractivity contribution is 7.10. The Labute approximate surface area is 264 Å². The molecule has 3 amide bonds. The van der Waals surface area contributed by atoms with Gasteiger partial charge in [0.1, 0.15) is 18.0 Å². The highest BCUT2D eigenvalue weighted by Crippen LogP contribution is 2.28. The van der Waals surface area contributed by atoms with Crippen molar-refractivity contribution in [1.29, 1.82) is 0 Å². The summed E-state index contributed by atoms with van der Waals surface area (Å²) in [7, 11) is 6.35. The van der Waals surface area contributed by atoms with E-state index in [9.17, 15) is 9.59 Å². The smallest absolute Gasteiger partial charge is 0.322 e. The van der Waals surface area contributed by atoms with E-state index in [1.807, 2.05) is 28.5 Å². The van der Waals surface area contributed by atoms with Crippen LogP contribution in [-0.2, 0) is 17.8 Å². The first kappa shape index (κ1) is 32.9. The number of rotatable bonds is 15. The molecule has 0 bridgehead atoms. The van der Waals surface area contributed by atoms with Crippen LogP contribution in [0.1, 0.15) is 28.8 Å². The van der Waals surface area contributed by atoms with Crippen LogP contribution < -0.4 is 24.3 Å². The van der Waals surface area contributed by atoms with Gasteiger partial charge in [0.2, 0.25) is 5.91 Å². The predicted molar refractivity (Wildman–Crippen MR) is 174 cm³/mol. The zero-order chi connectivity index (χ0) is 31.5. The lowest BCUT2D eigenvalue weighted by atomic mass is 10.1. The van der Waals surface area contributed by atoms with Crippen molar-refractivity contribution >= 4 is 29.0 Å². The minimum absolute atomic E-state index is 0.0445. The number of carbonyl (C=O) groups excluding carboxylic acids is 2. The number of likely N-dealkylation sites (tertiary alicyclic amines) is 1. The fourth-order valence-electron chi connectivity index (χ4n) is 5.20. The second kappa shape index (κ2) is 16.2. The molecule has 1 saturated heterocycles. The molecule has 0 unspecified atom stereocenters. The summed E-state index contributed by atoms with van der Waals surface area (Å²) in [6, 6.07) is 12.7. The molecule has 0 spiro atoms. The number of benzene rings is 2. The fraction of sp³-hybridized carbons (Fsp3) is 0.455. The number of carbonyl (C=O) groups is 2. The van der Waals surface area contributed by atoms with Crippen LogP contribution in [0.25, 0.3) is 0 Å². The van der Waals surface area contributed by atoms with Crippen LogP contribution >= 0.6 is 11.3 Å². The zero-order valence-corrected chi connectivity index (χ0v) is 27.2. The van der Waals surface area contributed by atoms with Crippen LogP contribution in [0, 0.1) is 6.92 Å². The highest BCUT2D eigenvalue weighted by Gasteiger charge is 2.24. The van der Waals surface area contributed by atoms with Crippen molar-refractivity contribution in [3.63, 3.8) is 0 Å². The number of aryl methyl sites for hydroxylation is 1. The number of amides is 3. The quantitative estimate of drug-likeness (QED) is 0.246. The molecule has 2 heterocycles. The molecular formula is C33H44N4O6S. The Hall–Kier alpha value is -3.96. The molecule has 238 valence electrons. The molecule has 1 fully saturated rings. The summed E-state index contributed by atoms with van der Waals surface area (Å²) in [4.78, 5) is 34.6. The van der Waals surface area contributed by atoms with Crippen molar-refractivity contribution in [2.45, 2.75) is 32.7 Å². The Morgan fingerprint density at radius 1 is 0.864 bits per heavy atom. The van der Waals surface area contributed by atoms with Crippen molar-refractivity contribution in [3.8, 4) is 23.0 Å². The van der Waals surface area contributed by atoms with Gasteiger partial charge in [0.15, 0.2) is 11.5 Å². The van der Waals surface area contributed by atoms with Crippen molar-refractivity contribution in [2.24, 2.45) is 0 Å². The number of thiophene rings is 1. The number of hydrogen-bond donors (Lipinski definition) is 1. The first-order chi connectivity index (χ1) is 21.3. The Balaban J connectivity index is 1.53. The van der Waals surface area contributed by atoms with Crippen molar-refractivity contribution in [2.75, 3.05) is 73.0 Å². The van der Waals surface area contributed by atoms with Gasteiger partial charge >= 0.3 is 6.03 Å². The predicted octanol–water partition coefficient (Wildman–Crippen LogP) is 5.29. The minimum atomic E-state index is -0.347. The topological polar surface area (TPSA) is 92.8 Å². The molecule has 10 nitrogen and oxygen atoms in total. The van der Waals surface area contributed by atoms with Crippen LogP contribution in [0.15, 0.2) is 47.8 Å². The largest absolute Gasteiger partial charge is 0.497 e. The second-order valence-corrected chi connectivity index (χ2v) is 11.8. The number of ether oxygens (including phenoxy) is 4. The van der Waals surface area contributed by atoms with Crippen LogP contribution in [0.4, 0.5) is 10.5 Å².